The van der Waals surface area contributed by atoms with Gasteiger partial charge in [-0.05, 0) is 17.7 Å². The Kier molecular flexibility index (Phi) is 3.81. The van der Waals surface area contributed by atoms with Gasteiger partial charge in [-0.15, -0.1) is 0 Å². The van der Waals surface area contributed by atoms with Crippen LogP contribution in [0.1, 0.15) is 5.76 Å². The topological polar surface area (TPSA) is 61.3 Å². The van der Waals surface area contributed by atoms with Crippen LogP contribution < -0.4 is 5.73 Å². The molecule has 0 bridgehead atoms. The van der Waals surface area contributed by atoms with Crippen LogP contribution in [0.2, 0.25) is 0 Å². The van der Waals surface area contributed by atoms with Gasteiger partial charge in [0.25, 0.3) is 0 Å². The van der Waals surface area contributed by atoms with E-state index in [0.717, 1.165) is 21.4 Å². The maximum atomic E-state index is 5.83. The first kappa shape index (κ1) is 12.1. The zero-order chi connectivity index (χ0) is 12.3. The number of anilines is 1. The van der Waals surface area contributed by atoms with Gasteiger partial charge in [0.1, 0.15) is 5.76 Å². The standard InChI is InChI=1S/C12H13BrN2O2/c1-16-7-6-10-11(12(14)15-17-10)8-2-4-9(13)5-3-8/h2-5H,6-7H2,1H3,(H2,14,15). The molecule has 0 fully saturated rings. The van der Waals surface area contributed by atoms with Gasteiger partial charge in [-0.2, -0.15) is 0 Å². The molecule has 4 nitrogen and oxygen atoms in total. The summed E-state index contributed by atoms with van der Waals surface area (Å²) >= 11 is 3.40. The molecule has 2 aromatic rings. The molecule has 2 rings (SSSR count). The summed E-state index contributed by atoms with van der Waals surface area (Å²) in [7, 11) is 1.65. The summed E-state index contributed by atoms with van der Waals surface area (Å²) in [6.45, 7) is 0.582. The van der Waals surface area contributed by atoms with Gasteiger partial charge < -0.3 is 15.0 Å². The maximum Gasteiger partial charge on any atom is 0.175 e. The van der Waals surface area contributed by atoms with Gasteiger partial charge in [0.15, 0.2) is 5.82 Å². The van der Waals surface area contributed by atoms with Gasteiger partial charge in [0.05, 0.1) is 12.2 Å². The van der Waals surface area contributed by atoms with Crippen LogP contribution in [-0.4, -0.2) is 18.9 Å². The predicted octanol–water partition coefficient (Wildman–Crippen LogP) is 2.88. The van der Waals surface area contributed by atoms with Crippen LogP contribution in [0.25, 0.3) is 11.1 Å². The Bertz CT molecular complexity index is 494. The third-order valence-electron chi connectivity index (χ3n) is 2.46. The van der Waals surface area contributed by atoms with Crippen molar-refractivity contribution >= 4 is 21.7 Å². The monoisotopic (exact) mass is 296 g/mol. The van der Waals surface area contributed by atoms with Crippen LogP contribution in [-0.2, 0) is 11.2 Å². The Labute approximate surface area is 108 Å². The summed E-state index contributed by atoms with van der Waals surface area (Å²) in [4.78, 5) is 0. The normalized spacial score (nSPS) is 10.7. The summed E-state index contributed by atoms with van der Waals surface area (Å²) in [5, 5.41) is 3.80. The highest BCUT2D eigenvalue weighted by Crippen LogP contribution is 2.30. The Morgan fingerprint density at radius 2 is 2.06 bits per heavy atom. The molecule has 0 aliphatic rings. The lowest BCUT2D eigenvalue weighted by Gasteiger charge is -2.02. The van der Waals surface area contributed by atoms with Crippen LogP contribution in [0.4, 0.5) is 5.82 Å². The number of nitrogens with zero attached hydrogens (tertiary/aromatic N) is 1. The Morgan fingerprint density at radius 1 is 1.35 bits per heavy atom. The predicted molar refractivity (Wildman–Crippen MR) is 69.6 cm³/mol. The number of methoxy groups -OCH3 is 1. The molecule has 0 atom stereocenters. The Balaban J connectivity index is 2.36. The highest BCUT2D eigenvalue weighted by Gasteiger charge is 2.15. The van der Waals surface area contributed by atoms with E-state index in [1.807, 2.05) is 24.3 Å². The van der Waals surface area contributed by atoms with E-state index in [4.69, 9.17) is 15.0 Å². The zero-order valence-corrected chi connectivity index (χ0v) is 11.0. The number of hydrogen-bond acceptors (Lipinski definition) is 4. The molecular weight excluding hydrogens is 284 g/mol. The smallest absolute Gasteiger partial charge is 0.175 e. The quantitative estimate of drug-likeness (QED) is 0.942. The van der Waals surface area contributed by atoms with Crippen molar-refractivity contribution < 1.29 is 9.26 Å². The summed E-state index contributed by atoms with van der Waals surface area (Å²) < 4.78 is 11.3. The number of nitrogens with two attached hydrogens (primary N) is 1. The molecule has 90 valence electrons. The molecule has 0 spiro atoms. The molecule has 5 heteroatoms. The van der Waals surface area contributed by atoms with Crippen molar-refractivity contribution in [3.8, 4) is 11.1 Å². The van der Waals surface area contributed by atoms with Gasteiger partial charge in [0, 0.05) is 18.0 Å². The molecule has 1 aromatic heterocycles. The van der Waals surface area contributed by atoms with Gasteiger partial charge in [0.2, 0.25) is 0 Å². The van der Waals surface area contributed by atoms with Gasteiger partial charge in [-0.3, -0.25) is 0 Å². The fourth-order valence-corrected chi connectivity index (χ4v) is 1.89. The van der Waals surface area contributed by atoms with Crippen molar-refractivity contribution in [1.29, 1.82) is 0 Å². The molecule has 1 aromatic carbocycles. The van der Waals surface area contributed by atoms with Crippen molar-refractivity contribution in [2.75, 3.05) is 19.5 Å². The molecule has 0 saturated carbocycles. The third kappa shape index (κ3) is 2.68. The second-order valence-corrected chi connectivity index (χ2v) is 4.53. The van der Waals surface area contributed by atoms with E-state index >= 15 is 0 Å². The lowest BCUT2D eigenvalue weighted by molar-refractivity contribution is 0.193. The van der Waals surface area contributed by atoms with E-state index in [1.165, 1.54) is 0 Å². The molecule has 17 heavy (non-hydrogen) atoms. The Hall–Kier alpha value is -1.33. The minimum Gasteiger partial charge on any atom is -0.384 e. The number of rotatable bonds is 4. The number of aromatic nitrogens is 1. The first-order valence-corrected chi connectivity index (χ1v) is 6.00. The van der Waals surface area contributed by atoms with Crippen LogP contribution in [0.15, 0.2) is 33.3 Å². The second-order valence-electron chi connectivity index (χ2n) is 3.62. The number of nitrogen functional groups attached to an aromatic ring is 1. The lowest BCUT2D eigenvalue weighted by atomic mass is 10.0. The molecule has 0 radical (unpaired) electrons. The molecule has 2 N–H and O–H groups in total. The molecule has 0 unspecified atom stereocenters. The van der Waals surface area contributed by atoms with Crippen molar-refractivity contribution in [3.05, 3.63) is 34.5 Å². The summed E-state index contributed by atoms with van der Waals surface area (Å²) in [6, 6.07) is 7.87. The molecule has 0 amide bonds. The number of halogens is 1. The van der Waals surface area contributed by atoms with E-state index < -0.39 is 0 Å². The van der Waals surface area contributed by atoms with Crippen LogP contribution in [0, 0.1) is 0 Å². The van der Waals surface area contributed by atoms with Crippen molar-refractivity contribution in [2.24, 2.45) is 0 Å². The lowest BCUT2D eigenvalue weighted by Crippen LogP contribution is -1.96. The van der Waals surface area contributed by atoms with Crippen molar-refractivity contribution in [1.82, 2.24) is 5.16 Å². The van der Waals surface area contributed by atoms with Crippen LogP contribution in [0.3, 0.4) is 0 Å². The largest absolute Gasteiger partial charge is 0.384 e. The fraction of sp³-hybridized carbons (Fsp3) is 0.250. The van der Waals surface area contributed by atoms with Crippen LogP contribution in [0.5, 0.6) is 0 Å². The number of benzene rings is 1. The molecular formula is C12H13BrN2O2. The van der Waals surface area contributed by atoms with E-state index in [9.17, 15) is 0 Å². The molecule has 0 saturated heterocycles. The third-order valence-corrected chi connectivity index (χ3v) is 2.98. The fourth-order valence-electron chi connectivity index (χ4n) is 1.63. The van der Waals surface area contributed by atoms with Gasteiger partial charge >= 0.3 is 0 Å². The van der Waals surface area contributed by atoms with Crippen molar-refractivity contribution in [2.45, 2.75) is 6.42 Å². The highest BCUT2D eigenvalue weighted by molar-refractivity contribution is 9.10. The van der Waals surface area contributed by atoms with Crippen molar-refractivity contribution in [3.63, 3.8) is 0 Å². The second kappa shape index (κ2) is 5.33. The summed E-state index contributed by atoms with van der Waals surface area (Å²) in [5.41, 5.74) is 7.68. The zero-order valence-electron chi connectivity index (χ0n) is 9.44. The minimum absolute atomic E-state index is 0.415. The first-order valence-electron chi connectivity index (χ1n) is 5.21. The van der Waals surface area contributed by atoms with Gasteiger partial charge in [-0.1, -0.05) is 33.2 Å². The van der Waals surface area contributed by atoms with Crippen LogP contribution >= 0.6 is 15.9 Å². The average molecular weight is 297 g/mol. The number of ether oxygens (including phenoxy) is 1. The first-order chi connectivity index (χ1) is 8.22. The van der Waals surface area contributed by atoms with E-state index in [0.29, 0.717) is 18.8 Å². The maximum absolute atomic E-state index is 5.83. The SMILES string of the molecule is COCCc1onc(N)c1-c1ccc(Br)cc1. The van der Waals surface area contributed by atoms with E-state index in [-0.39, 0.29) is 0 Å². The highest BCUT2D eigenvalue weighted by atomic mass is 79.9. The molecule has 0 aliphatic carbocycles. The average Bonchev–Trinajstić information content (AvgIpc) is 2.69. The minimum atomic E-state index is 0.415. The molecule has 0 aliphatic heterocycles. The van der Waals surface area contributed by atoms with Gasteiger partial charge in [-0.25, -0.2) is 0 Å². The van der Waals surface area contributed by atoms with E-state index in [2.05, 4.69) is 21.1 Å². The summed E-state index contributed by atoms with van der Waals surface area (Å²) in [6.07, 6.45) is 0.659. The number of hydrogen-bond donors (Lipinski definition) is 1. The molecule has 1 heterocycles. The summed E-state index contributed by atoms with van der Waals surface area (Å²) in [5.74, 6) is 1.17. The Morgan fingerprint density at radius 3 is 2.71 bits per heavy atom. The van der Waals surface area contributed by atoms with E-state index in [1.54, 1.807) is 7.11 Å².